The van der Waals surface area contributed by atoms with Gasteiger partial charge in [-0.05, 0) is 45.2 Å². The lowest BCUT2D eigenvalue weighted by Gasteiger charge is -2.24. The third kappa shape index (κ3) is 3.30. The van der Waals surface area contributed by atoms with Crippen molar-refractivity contribution in [2.24, 2.45) is 5.92 Å². The zero-order chi connectivity index (χ0) is 15.0. The Hall–Kier alpha value is -0.910. The van der Waals surface area contributed by atoms with Gasteiger partial charge in [-0.2, -0.15) is 8.75 Å². The van der Waals surface area contributed by atoms with Crippen molar-refractivity contribution in [3.05, 3.63) is 17.2 Å². The van der Waals surface area contributed by atoms with Crippen LogP contribution in [0.15, 0.2) is 12.1 Å². The molecule has 1 fully saturated rings. The second-order valence-corrected chi connectivity index (χ2v) is 7.70. The van der Waals surface area contributed by atoms with Gasteiger partial charge in [0.2, 0.25) is 0 Å². The molecule has 0 spiro atoms. The molecule has 0 amide bonds. The lowest BCUT2D eigenvalue weighted by atomic mass is 10.1. The lowest BCUT2D eigenvalue weighted by molar-refractivity contribution is 0.383. The predicted molar refractivity (Wildman–Crippen MR) is 90.5 cm³/mol. The Morgan fingerprint density at radius 1 is 1.38 bits per heavy atom. The Labute approximate surface area is 134 Å². The van der Waals surface area contributed by atoms with Gasteiger partial charge < -0.3 is 10.2 Å². The van der Waals surface area contributed by atoms with Crippen molar-refractivity contribution in [3.63, 3.8) is 0 Å². The fourth-order valence-electron chi connectivity index (χ4n) is 2.77. The summed E-state index contributed by atoms with van der Waals surface area (Å²) in [4.78, 5) is 2.36. The van der Waals surface area contributed by atoms with Crippen LogP contribution in [0.1, 0.15) is 27.2 Å². The van der Waals surface area contributed by atoms with Crippen LogP contribution < -0.4 is 10.2 Å². The van der Waals surface area contributed by atoms with Gasteiger partial charge in [0.15, 0.2) is 0 Å². The standard InChI is InChI=1S/C15H21ClN4S/c1-15(2,3)17-8-10-6-7-20(9-10)14-11(16)4-5-12-13(14)19-21-18-12/h4-5,10,17H,6-9H2,1-3H3. The number of benzene rings is 1. The van der Waals surface area contributed by atoms with Crippen LogP contribution in [0.4, 0.5) is 5.69 Å². The first kappa shape index (κ1) is 15.0. The Bertz CT molecular complexity index is 634. The highest BCUT2D eigenvalue weighted by Crippen LogP contribution is 2.36. The first-order chi connectivity index (χ1) is 9.94. The smallest absolute Gasteiger partial charge is 0.129 e. The summed E-state index contributed by atoms with van der Waals surface area (Å²) in [5, 5.41) is 4.37. The zero-order valence-electron chi connectivity index (χ0n) is 12.7. The molecule has 1 aromatic carbocycles. The maximum atomic E-state index is 6.42. The van der Waals surface area contributed by atoms with E-state index in [1.807, 2.05) is 12.1 Å². The van der Waals surface area contributed by atoms with Gasteiger partial charge in [-0.3, -0.25) is 0 Å². The van der Waals surface area contributed by atoms with Crippen molar-refractivity contribution in [2.45, 2.75) is 32.7 Å². The third-order valence-corrected chi connectivity index (χ3v) is 4.72. The normalized spacial score (nSPS) is 19.6. The molecular weight excluding hydrogens is 304 g/mol. The average Bonchev–Trinajstić information content (AvgIpc) is 3.03. The summed E-state index contributed by atoms with van der Waals surface area (Å²) in [6.07, 6.45) is 1.19. The van der Waals surface area contributed by atoms with E-state index in [4.69, 9.17) is 11.6 Å². The summed E-state index contributed by atoms with van der Waals surface area (Å²) in [6.45, 7) is 9.73. The molecule has 2 heterocycles. The predicted octanol–water partition coefficient (Wildman–Crippen LogP) is 3.56. The molecule has 6 heteroatoms. The number of halogens is 1. The molecule has 1 atom stereocenters. The maximum Gasteiger partial charge on any atom is 0.129 e. The van der Waals surface area contributed by atoms with Gasteiger partial charge in [0.25, 0.3) is 0 Å². The molecule has 0 aliphatic carbocycles. The van der Waals surface area contributed by atoms with E-state index in [0.29, 0.717) is 5.92 Å². The van der Waals surface area contributed by atoms with E-state index in [1.54, 1.807) is 0 Å². The summed E-state index contributed by atoms with van der Waals surface area (Å²) >= 11 is 7.67. The number of anilines is 1. The molecule has 114 valence electrons. The minimum absolute atomic E-state index is 0.171. The van der Waals surface area contributed by atoms with E-state index >= 15 is 0 Å². The van der Waals surface area contributed by atoms with Crippen LogP contribution >= 0.6 is 23.3 Å². The Kier molecular flexibility index (Phi) is 4.08. The molecule has 1 aromatic heterocycles. The average molecular weight is 325 g/mol. The molecule has 3 rings (SSSR count). The van der Waals surface area contributed by atoms with E-state index in [9.17, 15) is 0 Å². The highest BCUT2D eigenvalue weighted by molar-refractivity contribution is 7.00. The van der Waals surface area contributed by atoms with Crippen LogP contribution in [-0.2, 0) is 0 Å². The molecule has 2 aromatic rings. The summed E-state index contributed by atoms with van der Waals surface area (Å²) in [5.74, 6) is 0.655. The van der Waals surface area contributed by atoms with E-state index in [-0.39, 0.29) is 5.54 Å². The molecule has 0 saturated carbocycles. The van der Waals surface area contributed by atoms with Crippen LogP contribution in [0, 0.1) is 5.92 Å². The van der Waals surface area contributed by atoms with E-state index < -0.39 is 0 Å². The molecule has 4 nitrogen and oxygen atoms in total. The molecule has 1 aliphatic rings. The van der Waals surface area contributed by atoms with Crippen molar-refractivity contribution < 1.29 is 0 Å². The first-order valence-electron chi connectivity index (χ1n) is 7.35. The Morgan fingerprint density at radius 2 is 2.19 bits per heavy atom. The molecule has 1 aliphatic heterocycles. The van der Waals surface area contributed by atoms with Crippen LogP contribution in [0.2, 0.25) is 5.02 Å². The number of nitrogens with zero attached hydrogens (tertiary/aromatic N) is 3. The van der Waals surface area contributed by atoms with Crippen molar-refractivity contribution >= 4 is 40.0 Å². The molecule has 1 unspecified atom stereocenters. The highest BCUT2D eigenvalue weighted by atomic mass is 35.5. The second kappa shape index (κ2) is 5.71. The second-order valence-electron chi connectivity index (χ2n) is 6.76. The summed E-state index contributed by atoms with van der Waals surface area (Å²) < 4.78 is 8.74. The van der Waals surface area contributed by atoms with Crippen molar-refractivity contribution in [3.8, 4) is 0 Å². The number of aromatic nitrogens is 2. The first-order valence-corrected chi connectivity index (χ1v) is 8.45. The van der Waals surface area contributed by atoms with E-state index in [0.717, 1.165) is 41.4 Å². The van der Waals surface area contributed by atoms with Gasteiger partial charge in [-0.1, -0.05) is 11.6 Å². The fraction of sp³-hybridized carbons (Fsp3) is 0.600. The molecule has 0 bridgehead atoms. The lowest BCUT2D eigenvalue weighted by Crippen LogP contribution is -2.39. The van der Waals surface area contributed by atoms with E-state index in [2.05, 4.69) is 39.7 Å². The van der Waals surface area contributed by atoms with Gasteiger partial charge in [-0.15, -0.1) is 0 Å². The largest absolute Gasteiger partial charge is 0.368 e. The Morgan fingerprint density at radius 3 is 2.95 bits per heavy atom. The molecular formula is C15H21ClN4S. The number of hydrogen-bond donors (Lipinski definition) is 1. The van der Waals surface area contributed by atoms with Gasteiger partial charge in [0.05, 0.1) is 22.4 Å². The summed E-state index contributed by atoms with van der Waals surface area (Å²) in [5.41, 5.74) is 3.11. The number of rotatable bonds is 3. The van der Waals surface area contributed by atoms with Crippen LogP contribution in [0.3, 0.4) is 0 Å². The number of hydrogen-bond acceptors (Lipinski definition) is 5. The van der Waals surface area contributed by atoms with Gasteiger partial charge >= 0.3 is 0 Å². The maximum absolute atomic E-state index is 6.42. The van der Waals surface area contributed by atoms with Crippen molar-refractivity contribution in [1.82, 2.24) is 14.1 Å². The topological polar surface area (TPSA) is 41.0 Å². The zero-order valence-corrected chi connectivity index (χ0v) is 14.3. The summed E-state index contributed by atoms with van der Waals surface area (Å²) in [7, 11) is 0. The van der Waals surface area contributed by atoms with Crippen LogP contribution in [0.25, 0.3) is 11.0 Å². The van der Waals surface area contributed by atoms with Crippen LogP contribution in [0.5, 0.6) is 0 Å². The number of nitrogens with one attached hydrogen (secondary N) is 1. The SMILES string of the molecule is CC(C)(C)NCC1CCN(c2c(Cl)ccc3nsnc23)C1. The monoisotopic (exact) mass is 324 g/mol. The van der Waals surface area contributed by atoms with Crippen molar-refractivity contribution in [1.29, 1.82) is 0 Å². The number of fused-ring (bicyclic) bond motifs is 1. The van der Waals surface area contributed by atoms with Gasteiger partial charge in [0.1, 0.15) is 11.0 Å². The van der Waals surface area contributed by atoms with Crippen molar-refractivity contribution in [2.75, 3.05) is 24.5 Å². The molecule has 1 saturated heterocycles. The summed E-state index contributed by atoms with van der Waals surface area (Å²) in [6, 6.07) is 3.88. The highest BCUT2D eigenvalue weighted by Gasteiger charge is 2.27. The molecule has 21 heavy (non-hydrogen) atoms. The third-order valence-electron chi connectivity index (χ3n) is 3.88. The minimum Gasteiger partial charge on any atom is -0.368 e. The fourth-order valence-corrected chi connectivity index (χ4v) is 3.58. The van der Waals surface area contributed by atoms with Crippen LogP contribution in [-0.4, -0.2) is 33.9 Å². The Balaban J connectivity index is 1.76. The van der Waals surface area contributed by atoms with Gasteiger partial charge in [-0.25, -0.2) is 0 Å². The minimum atomic E-state index is 0.171. The molecule has 0 radical (unpaired) electrons. The van der Waals surface area contributed by atoms with Gasteiger partial charge in [0, 0.05) is 25.2 Å². The molecule has 1 N–H and O–H groups in total. The quantitative estimate of drug-likeness (QED) is 0.937. The van der Waals surface area contributed by atoms with E-state index in [1.165, 1.54) is 18.1 Å².